The molecule has 1 aliphatic rings. The van der Waals surface area contributed by atoms with Crippen LogP contribution in [-0.4, -0.2) is 33.3 Å². The van der Waals surface area contributed by atoms with Crippen LogP contribution >= 0.6 is 0 Å². The average Bonchev–Trinajstić information content (AvgIpc) is 2.69. The number of nitrogens with one attached hydrogen (secondary N) is 1. The van der Waals surface area contributed by atoms with Crippen molar-refractivity contribution in [3.05, 3.63) is 71.8 Å². The Morgan fingerprint density at radius 1 is 0.885 bits per heavy atom. The molecule has 4 rings (SSSR count). The van der Waals surface area contributed by atoms with E-state index in [9.17, 15) is 0 Å². The molecule has 0 radical (unpaired) electrons. The van der Waals surface area contributed by atoms with Gasteiger partial charge in [0.05, 0.1) is 33.3 Å². The summed E-state index contributed by atoms with van der Waals surface area (Å²) in [5.41, 5.74) is 4.09. The average molecular weight is 347 g/mol. The molecule has 0 bridgehead atoms. The highest BCUT2D eigenvalue weighted by molar-refractivity contribution is 5.90. The lowest BCUT2D eigenvalue weighted by Crippen LogP contribution is -3.13. The lowest BCUT2D eigenvalue weighted by molar-refractivity contribution is -0.914. The zero-order valence-electron chi connectivity index (χ0n) is 15.7. The Balaban J connectivity index is 1.46. The van der Waals surface area contributed by atoms with Crippen molar-refractivity contribution in [1.29, 1.82) is 0 Å². The van der Waals surface area contributed by atoms with Crippen LogP contribution < -0.4 is 14.5 Å². The largest absolute Gasteiger partial charge is 0.496 e. The van der Waals surface area contributed by atoms with E-state index in [1.54, 1.807) is 12.0 Å². The van der Waals surface area contributed by atoms with E-state index in [1.807, 2.05) is 0 Å². The van der Waals surface area contributed by atoms with Gasteiger partial charge >= 0.3 is 0 Å². The maximum absolute atomic E-state index is 5.53. The van der Waals surface area contributed by atoms with Gasteiger partial charge < -0.3 is 14.5 Å². The number of methoxy groups -OCH3 is 1. The highest BCUT2D eigenvalue weighted by atomic mass is 16.5. The molecule has 134 valence electrons. The van der Waals surface area contributed by atoms with Gasteiger partial charge in [-0.2, -0.15) is 0 Å². The summed E-state index contributed by atoms with van der Waals surface area (Å²) in [6, 6.07) is 21.8. The molecule has 0 amide bonds. The number of aryl methyl sites for hydroxylation is 1. The Hall–Kier alpha value is -2.52. The van der Waals surface area contributed by atoms with Crippen LogP contribution in [0.15, 0.2) is 60.7 Å². The standard InChI is InChI=1S/C23H26N2O/c1-18-7-10-20(11-8-18)25-15-13-24(14-16-25)17-19-9-12-23(26-2)22-6-4-3-5-21(19)22/h3-12H,13-17H2,1-2H3/p+1. The van der Waals surface area contributed by atoms with Gasteiger partial charge in [-0.1, -0.05) is 42.0 Å². The molecule has 1 heterocycles. The van der Waals surface area contributed by atoms with Crippen LogP contribution in [0.3, 0.4) is 0 Å². The Morgan fingerprint density at radius 3 is 2.27 bits per heavy atom. The molecule has 0 aliphatic carbocycles. The van der Waals surface area contributed by atoms with Crippen molar-refractivity contribution in [2.75, 3.05) is 38.2 Å². The van der Waals surface area contributed by atoms with Gasteiger partial charge in [0, 0.05) is 16.6 Å². The molecule has 1 N–H and O–H groups in total. The lowest BCUT2D eigenvalue weighted by atomic mass is 10.0. The first-order valence-corrected chi connectivity index (χ1v) is 9.44. The molecular weight excluding hydrogens is 320 g/mol. The molecule has 3 heteroatoms. The van der Waals surface area contributed by atoms with E-state index in [4.69, 9.17) is 4.74 Å². The quantitative estimate of drug-likeness (QED) is 0.781. The molecule has 0 unspecified atom stereocenters. The van der Waals surface area contributed by atoms with E-state index in [0.717, 1.165) is 25.4 Å². The summed E-state index contributed by atoms with van der Waals surface area (Å²) in [6.45, 7) is 7.80. The van der Waals surface area contributed by atoms with Gasteiger partial charge in [0.25, 0.3) is 0 Å². The van der Waals surface area contributed by atoms with Gasteiger partial charge in [-0.15, -0.1) is 0 Å². The summed E-state index contributed by atoms with van der Waals surface area (Å²) in [6.07, 6.45) is 0. The fraction of sp³-hybridized carbons (Fsp3) is 0.304. The molecule has 3 nitrogen and oxygen atoms in total. The second-order valence-corrected chi connectivity index (χ2v) is 7.22. The van der Waals surface area contributed by atoms with Crippen molar-refractivity contribution in [2.45, 2.75) is 13.5 Å². The van der Waals surface area contributed by atoms with Crippen molar-refractivity contribution >= 4 is 16.5 Å². The van der Waals surface area contributed by atoms with Crippen molar-refractivity contribution in [3.63, 3.8) is 0 Å². The minimum absolute atomic E-state index is 0.962. The molecular formula is C23H27N2O+. The summed E-state index contributed by atoms with van der Waals surface area (Å²) in [5.74, 6) is 0.962. The van der Waals surface area contributed by atoms with Crippen LogP contribution in [0.25, 0.3) is 10.8 Å². The normalized spacial score (nSPS) is 15.4. The SMILES string of the molecule is COc1ccc(C[NH+]2CCN(c3ccc(C)cc3)CC2)c2ccccc12. The molecule has 0 spiro atoms. The minimum atomic E-state index is 0.962. The van der Waals surface area contributed by atoms with Gasteiger partial charge in [-0.05, 0) is 36.6 Å². The summed E-state index contributed by atoms with van der Waals surface area (Å²) >= 11 is 0. The predicted octanol–water partition coefficient (Wildman–Crippen LogP) is 3.06. The number of rotatable bonds is 4. The highest BCUT2D eigenvalue weighted by Crippen LogP contribution is 2.28. The van der Waals surface area contributed by atoms with E-state index in [-0.39, 0.29) is 0 Å². The van der Waals surface area contributed by atoms with Crippen molar-refractivity contribution in [3.8, 4) is 5.75 Å². The minimum Gasteiger partial charge on any atom is -0.496 e. The first-order valence-electron chi connectivity index (χ1n) is 9.44. The topological polar surface area (TPSA) is 16.9 Å². The zero-order valence-corrected chi connectivity index (χ0v) is 15.7. The summed E-state index contributed by atoms with van der Waals surface area (Å²) in [7, 11) is 1.75. The van der Waals surface area contributed by atoms with Crippen LogP contribution in [0.5, 0.6) is 5.75 Å². The van der Waals surface area contributed by atoms with E-state index < -0.39 is 0 Å². The smallest absolute Gasteiger partial charge is 0.126 e. The third-order valence-electron chi connectivity index (χ3n) is 5.50. The second-order valence-electron chi connectivity index (χ2n) is 7.22. The Bertz CT molecular complexity index is 880. The number of benzene rings is 3. The third-order valence-corrected chi connectivity index (χ3v) is 5.50. The number of piperazine rings is 1. The van der Waals surface area contributed by atoms with E-state index in [2.05, 4.69) is 72.5 Å². The molecule has 1 saturated heterocycles. The molecule has 0 atom stereocenters. The summed E-state index contributed by atoms with van der Waals surface area (Å²) in [4.78, 5) is 4.17. The highest BCUT2D eigenvalue weighted by Gasteiger charge is 2.21. The monoisotopic (exact) mass is 347 g/mol. The molecule has 0 aromatic heterocycles. The molecule has 1 fully saturated rings. The number of hydrogen-bond acceptors (Lipinski definition) is 2. The number of anilines is 1. The van der Waals surface area contributed by atoms with Crippen LogP contribution in [0.2, 0.25) is 0 Å². The van der Waals surface area contributed by atoms with Gasteiger partial charge in [-0.25, -0.2) is 0 Å². The van der Waals surface area contributed by atoms with Crippen LogP contribution in [0, 0.1) is 6.92 Å². The first-order chi connectivity index (χ1) is 12.7. The van der Waals surface area contributed by atoms with Crippen molar-refractivity contribution < 1.29 is 9.64 Å². The Labute approximate surface area is 155 Å². The third kappa shape index (κ3) is 3.40. The number of nitrogens with zero attached hydrogens (tertiary/aromatic N) is 1. The molecule has 0 saturated carbocycles. The maximum Gasteiger partial charge on any atom is 0.126 e. The summed E-state index contributed by atoms with van der Waals surface area (Å²) < 4.78 is 5.53. The molecule has 1 aliphatic heterocycles. The van der Waals surface area contributed by atoms with Crippen molar-refractivity contribution in [2.24, 2.45) is 0 Å². The fourth-order valence-corrected chi connectivity index (χ4v) is 3.95. The number of ether oxygens (including phenoxy) is 1. The van der Waals surface area contributed by atoms with Gasteiger partial charge in [-0.3, -0.25) is 0 Å². The summed E-state index contributed by atoms with van der Waals surface area (Å²) in [5, 5.41) is 2.53. The van der Waals surface area contributed by atoms with E-state index >= 15 is 0 Å². The maximum atomic E-state index is 5.53. The fourth-order valence-electron chi connectivity index (χ4n) is 3.95. The van der Waals surface area contributed by atoms with Crippen LogP contribution in [0.1, 0.15) is 11.1 Å². The van der Waals surface area contributed by atoms with Gasteiger partial charge in [0.15, 0.2) is 0 Å². The van der Waals surface area contributed by atoms with Gasteiger partial charge in [0.2, 0.25) is 0 Å². The predicted molar refractivity (Wildman–Crippen MR) is 108 cm³/mol. The molecule has 3 aromatic carbocycles. The Morgan fingerprint density at radius 2 is 1.58 bits per heavy atom. The second kappa shape index (κ2) is 7.38. The van der Waals surface area contributed by atoms with E-state index in [1.165, 1.54) is 40.7 Å². The first kappa shape index (κ1) is 16.9. The molecule has 26 heavy (non-hydrogen) atoms. The van der Waals surface area contributed by atoms with E-state index in [0.29, 0.717) is 0 Å². The van der Waals surface area contributed by atoms with Gasteiger partial charge in [0.1, 0.15) is 12.3 Å². The number of fused-ring (bicyclic) bond motifs is 1. The lowest BCUT2D eigenvalue weighted by Gasteiger charge is -2.34. The van der Waals surface area contributed by atoms with Crippen LogP contribution in [0.4, 0.5) is 5.69 Å². The zero-order chi connectivity index (χ0) is 17.9. The molecule has 3 aromatic rings. The van der Waals surface area contributed by atoms with Crippen LogP contribution in [-0.2, 0) is 6.54 Å². The number of quaternary nitrogens is 1. The van der Waals surface area contributed by atoms with Crippen molar-refractivity contribution in [1.82, 2.24) is 0 Å². The number of hydrogen-bond donors (Lipinski definition) is 1. The Kier molecular flexibility index (Phi) is 4.81.